The number of thiazole rings is 1. The lowest BCUT2D eigenvalue weighted by atomic mass is 9.94. The Morgan fingerprint density at radius 1 is 0.768 bits per heavy atom. The third kappa shape index (κ3) is 9.03. The van der Waals surface area contributed by atoms with E-state index in [9.17, 15) is 9.59 Å². The van der Waals surface area contributed by atoms with Crippen molar-refractivity contribution in [3.8, 4) is 22.6 Å². The van der Waals surface area contributed by atoms with E-state index in [0.29, 0.717) is 56.3 Å². The summed E-state index contributed by atoms with van der Waals surface area (Å²) in [6.07, 6.45) is 3.72. The first-order valence-electron chi connectivity index (χ1n) is 22.7. The number of amidine groups is 2. The molecule has 2 aliphatic heterocycles. The zero-order valence-corrected chi connectivity index (χ0v) is 41.9. The van der Waals surface area contributed by atoms with Crippen LogP contribution < -0.4 is 25.4 Å². The molecule has 0 saturated carbocycles. The topological polar surface area (TPSA) is 142 Å². The summed E-state index contributed by atoms with van der Waals surface area (Å²) in [5, 5.41) is 10.5. The molecule has 0 aliphatic carbocycles. The maximum absolute atomic E-state index is 14.4. The van der Waals surface area contributed by atoms with Gasteiger partial charge in [0.25, 0.3) is 11.8 Å². The van der Waals surface area contributed by atoms with Gasteiger partial charge < -0.3 is 30.4 Å². The van der Waals surface area contributed by atoms with Crippen LogP contribution in [-0.4, -0.2) is 47.7 Å². The average Bonchev–Trinajstić information content (AvgIpc) is 4.11. The number of hydrogen-bond donors (Lipinski definition) is 4. The van der Waals surface area contributed by atoms with Crippen LogP contribution in [0.4, 0.5) is 17.3 Å². The van der Waals surface area contributed by atoms with Crippen LogP contribution in [0.25, 0.3) is 32.5 Å². The molecule has 13 heteroatoms. The molecule has 4 N–H and O–H groups in total. The van der Waals surface area contributed by atoms with E-state index in [-0.39, 0.29) is 17.2 Å². The van der Waals surface area contributed by atoms with E-state index in [1.807, 2.05) is 94.4 Å². The van der Waals surface area contributed by atoms with Crippen molar-refractivity contribution in [3.63, 3.8) is 0 Å². The van der Waals surface area contributed by atoms with Gasteiger partial charge in [-0.25, -0.2) is 15.0 Å². The Labute approximate surface area is 410 Å². The first-order valence-corrected chi connectivity index (χ1v) is 24.4. The zero-order valence-electron chi connectivity index (χ0n) is 40.3. The highest BCUT2D eigenvalue weighted by Crippen LogP contribution is 2.54. The van der Waals surface area contributed by atoms with Crippen LogP contribution in [0, 0.1) is 34.6 Å². The van der Waals surface area contributed by atoms with Crippen molar-refractivity contribution in [1.29, 1.82) is 0 Å². The molecular formula is C56H53N7O4S2. The first-order chi connectivity index (χ1) is 33.3. The Balaban J connectivity index is 1.34. The molecule has 69 heavy (non-hydrogen) atoms. The summed E-state index contributed by atoms with van der Waals surface area (Å²) in [6.45, 7) is 15.9. The van der Waals surface area contributed by atoms with Crippen LogP contribution >= 0.6 is 23.1 Å². The van der Waals surface area contributed by atoms with Crippen molar-refractivity contribution in [2.45, 2.75) is 65.7 Å². The van der Waals surface area contributed by atoms with E-state index in [1.54, 1.807) is 32.1 Å². The Bertz CT molecular complexity index is 3410. The number of ether oxygens (including phenoxy) is 2. The van der Waals surface area contributed by atoms with Gasteiger partial charge in [-0.15, -0.1) is 11.3 Å². The minimum absolute atomic E-state index is 0.269. The van der Waals surface area contributed by atoms with Crippen LogP contribution in [-0.2, 0) is 4.79 Å². The normalized spacial score (nSPS) is 15.4. The third-order valence-corrected chi connectivity index (χ3v) is 14.7. The van der Waals surface area contributed by atoms with Crippen LogP contribution in [0.3, 0.4) is 0 Å². The van der Waals surface area contributed by atoms with Gasteiger partial charge in [0, 0.05) is 38.4 Å². The van der Waals surface area contributed by atoms with Gasteiger partial charge in [0.1, 0.15) is 39.4 Å². The number of nitrogens with zero attached hydrogens (tertiary/aromatic N) is 3. The maximum atomic E-state index is 14.4. The Hall–Kier alpha value is -7.48. The highest BCUT2D eigenvalue weighted by atomic mass is 32.2. The van der Waals surface area contributed by atoms with E-state index in [1.165, 1.54) is 11.3 Å². The number of fused-ring (bicyclic) bond motifs is 2. The van der Waals surface area contributed by atoms with E-state index in [0.717, 1.165) is 82.2 Å². The van der Waals surface area contributed by atoms with Gasteiger partial charge in [-0.3, -0.25) is 9.59 Å². The number of nitrogens with one attached hydrogen (secondary N) is 4. The van der Waals surface area contributed by atoms with E-state index < -0.39 is 0 Å². The second-order valence-electron chi connectivity index (χ2n) is 17.2. The van der Waals surface area contributed by atoms with E-state index in [4.69, 9.17) is 24.4 Å². The number of allylic oxidation sites excluding steroid dienone is 2. The number of carbonyl (C=O) groups excluding carboxylic acids is 2. The number of thioether (sulfide) groups is 1. The van der Waals surface area contributed by atoms with Crippen molar-refractivity contribution >= 4 is 85.3 Å². The van der Waals surface area contributed by atoms with Crippen molar-refractivity contribution in [2.75, 3.05) is 24.9 Å². The third-order valence-electron chi connectivity index (χ3n) is 12.5. The number of anilines is 2. The van der Waals surface area contributed by atoms with Gasteiger partial charge >= 0.3 is 0 Å². The number of aliphatic imine (C=N–C) groups is 2. The molecule has 0 saturated heterocycles. The minimum atomic E-state index is -0.374. The molecule has 0 radical (unpaired) electrons. The number of benzene rings is 5. The van der Waals surface area contributed by atoms with Gasteiger partial charge in [-0.2, -0.15) is 0 Å². The fourth-order valence-corrected chi connectivity index (χ4v) is 11.2. The van der Waals surface area contributed by atoms with Crippen LogP contribution in [0.2, 0.25) is 0 Å². The Kier molecular flexibility index (Phi) is 13.0. The largest absolute Gasteiger partial charge is 0.497 e. The summed E-state index contributed by atoms with van der Waals surface area (Å²) in [5.74, 6) is 2.48. The van der Waals surface area contributed by atoms with Gasteiger partial charge in [-0.1, -0.05) is 89.6 Å². The number of aromatic amines is 1. The second-order valence-corrected chi connectivity index (χ2v) is 19.4. The summed E-state index contributed by atoms with van der Waals surface area (Å²) in [7, 11) is 3.30. The van der Waals surface area contributed by atoms with Gasteiger partial charge in [0.05, 0.1) is 30.0 Å². The second kappa shape index (κ2) is 19.3. The zero-order chi connectivity index (χ0) is 48.7. The van der Waals surface area contributed by atoms with E-state index in [2.05, 4.69) is 85.0 Å². The SMILES string of the molecule is C/C=C(C)\C(=C/C)C(=O)NC1=N/C(=N\c2[nH]c(NC(=O)c3ccccc3C)c(C3Nc4ccc(OC)cc4S3)c2-c2ccc(C)cc2C)C(c2ccc(C)cc2C)=C1c1nc2ccc(OC)cc2s1. The number of aromatic nitrogens is 2. The molecule has 2 amide bonds. The van der Waals surface area contributed by atoms with Crippen LogP contribution in [0.1, 0.15) is 80.5 Å². The van der Waals surface area contributed by atoms with Gasteiger partial charge in [0.2, 0.25) is 0 Å². The molecular weight excluding hydrogens is 899 g/mol. The summed E-state index contributed by atoms with van der Waals surface area (Å²) >= 11 is 3.12. The highest BCUT2D eigenvalue weighted by Gasteiger charge is 2.36. The van der Waals surface area contributed by atoms with Gasteiger partial charge in [-0.05, 0) is 131 Å². The number of amides is 2. The molecule has 4 heterocycles. The lowest BCUT2D eigenvalue weighted by molar-refractivity contribution is -0.115. The molecule has 7 aromatic rings. The first kappa shape index (κ1) is 46.6. The summed E-state index contributed by atoms with van der Waals surface area (Å²) < 4.78 is 12.2. The number of H-pyrrole nitrogens is 1. The molecule has 5 aromatic carbocycles. The van der Waals surface area contributed by atoms with Crippen molar-refractivity contribution < 1.29 is 19.1 Å². The summed E-state index contributed by atoms with van der Waals surface area (Å²) in [6, 6.07) is 31.9. The summed E-state index contributed by atoms with van der Waals surface area (Å²) in [4.78, 5) is 49.5. The molecule has 0 bridgehead atoms. The van der Waals surface area contributed by atoms with Crippen LogP contribution in [0.15, 0.2) is 135 Å². The number of rotatable bonds is 11. The quantitative estimate of drug-likeness (QED) is 0.0747. The van der Waals surface area contributed by atoms with Gasteiger partial charge in [0.15, 0.2) is 5.84 Å². The number of methoxy groups -OCH3 is 2. The lowest BCUT2D eigenvalue weighted by Gasteiger charge is -2.17. The van der Waals surface area contributed by atoms with Crippen molar-refractivity contribution in [1.82, 2.24) is 15.3 Å². The average molecular weight is 952 g/mol. The van der Waals surface area contributed by atoms with Crippen molar-refractivity contribution in [3.05, 3.63) is 170 Å². The molecule has 2 aliphatic rings. The fraction of sp³-hybridized carbons (Fsp3) is 0.196. The predicted octanol–water partition coefficient (Wildman–Crippen LogP) is 13.4. The maximum Gasteiger partial charge on any atom is 0.257 e. The smallest absolute Gasteiger partial charge is 0.257 e. The molecule has 0 fully saturated rings. The highest BCUT2D eigenvalue weighted by molar-refractivity contribution is 8.00. The molecule has 1 unspecified atom stereocenters. The van der Waals surface area contributed by atoms with Crippen LogP contribution in [0.5, 0.6) is 11.5 Å². The monoisotopic (exact) mass is 951 g/mol. The fourth-order valence-electron chi connectivity index (χ4n) is 8.89. The Morgan fingerprint density at radius 3 is 2.14 bits per heavy atom. The standard InChI is InChI=1S/C56H53N7O4S2/c1-11-31(5)37(12-2)53(64)62-51-47(55-57-41-23-19-35(66-9)27-43(41)68-55)45(38-21-17-29(3)25-33(38)7)49(60-51)59-50-46(39-22-18-30(4)26-34(39)8)48(56-58-42-24-20-36(67-10)28-44(42)69-56)52(61-50)63-54(65)40-16-14-13-15-32(40)6/h11-28,56,58,61H,1-10H3,(H,63,65)(H,59,60,62,64)/b31-11-,37-12+. The molecule has 1 atom stereocenters. The predicted molar refractivity (Wildman–Crippen MR) is 285 cm³/mol. The molecule has 348 valence electrons. The Morgan fingerprint density at radius 2 is 1.46 bits per heavy atom. The lowest BCUT2D eigenvalue weighted by Crippen LogP contribution is -2.32. The molecule has 0 spiro atoms. The van der Waals surface area contributed by atoms with Crippen molar-refractivity contribution in [2.24, 2.45) is 9.98 Å². The number of aryl methyl sites for hydroxylation is 5. The number of carbonyl (C=O) groups is 2. The molecule has 9 rings (SSSR count). The molecule has 11 nitrogen and oxygen atoms in total. The van der Waals surface area contributed by atoms with E-state index >= 15 is 0 Å². The number of hydrogen-bond acceptors (Lipinski definition) is 9. The molecule has 2 aromatic heterocycles. The minimum Gasteiger partial charge on any atom is -0.497 e. The summed E-state index contributed by atoms with van der Waals surface area (Å²) in [5.41, 5.74) is 13.4.